The number of phosphoric acid groups is 1. The maximum absolute atomic E-state index is 11.4. The second-order valence-electron chi connectivity index (χ2n) is 4.96. The summed E-state index contributed by atoms with van der Waals surface area (Å²) in [7, 11) is 1.05. The largest absolute Gasteiger partial charge is 0.756 e. The zero-order valence-electron chi connectivity index (χ0n) is 10.2. The van der Waals surface area contributed by atoms with Gasteiger partial charge in [-0.05, 0) is 27.2 Å². The molecule has 8 heteroatoms. The Morgan fingerprint density at radius 3 is 2.59 bits per heavy atom. The van der Waals surface area contributed by atoms with Gasteiger partial charge in [0.15, 0.2) is 0 Å². The summed E-state index contributed by atoms with van der Waals surface area (Å²) in [5, 5.41) is 9.47. The highest BCUT2D eigenvalue weighted by molar-refractivity contribution is 7.45. The molecule has 6 nitrogen and oxygen atoms in total. The first-order valence-corrected chi connectivity index (χ1v) is 6.80. The van der Waals surface area contributed by atoms with Gasteiger partial charge in [-0.2, -0.15) is 0 Å². The van der Waals surface area contributed by atoms with Crippen LogP contribution >= 0.6 is 7.82 Å². The molecular formula is C9H17BO6P-. The van der Waals surface area contributed by atoms with E-state index < -0.39 is 31.6 Å². The number of aliphatic hydroxyl groups excluding tert-OH is 1. The highest BCUT2D eigenvalue weighted by Gasteiger charge is 2.32. The van der Waals surface area contributed by atoms with E-state index in [2.05, 4.69) is 4.52 Å². The topological polar surface area (TPSA) is 88.1 Å². The average molecular weight is 263 g/mol. The lowest BCUT2D eigenvalue weighted by Gasteiger charge is -2.31. The van der Waals surface area contributed by atoms with Crippen LogP contribution in [0.3, 0.4) is 0 Å². The SMILES string of the molecule is [B][C@H]1C[C@H](O)[C@@H](COP(=O)([O-])OC(C)(C)C)O1. The molecule has 0 bridgehead atoms. The molecule has 1 fully saturated rings. The first kappa shape index (κ1) is 15.2. The molecule has 98 valence electrons. The minimum atomic E-state index is -4.39. The Morgan fingerprint density at radius 1 is 1.59 bits per heavy atom. The van der Waals surface area contributed by atoms with E-state index in [4.69, 9.17) is 17.1 Å². The molecule has 0 saturated carbocycles. The summed E-state index contributed by atoms with van der Waals surface area (Å²) in [6.07, 6.45) is -1.30. The zero-order valence-corrected chi connectivity index (χ0v) is 11.1. The van der Waals surface area contributed by atoms with Crippen molar-refractivity contribution in [1.29, 1.82) is 0 Å². The van der Waals surface area contributed by atoms with Gasteiger partial charge in [0.1, 0.15) is 14.0 Å². The first-order chi connectivity index (χ1) is 7.59. The van der Waals surface area contributed by atoms with Crippen molar-refractivity contribution in [1.82, 2.24) is 0 Å². The van der Waals surface area contributed by atoms with Crippen LogP contribution in [0.4, 0.5) is 0 Å². The van der Waals surface area contributed by atoms with Crippen molar-refractivity contribution >= 4 is 15.7 Å². The summed E-state index contributed by atoms with van der Waals surface area (Å²) in [5.41, 5.74) is -0.858. The van der Waals surface area contributed by atoms with Crippen molar-refractivity contribution in [3.8, 4) is 0 Å². The highest BCUT2D eigenvalue weighted by Crippen LogP contribution is 2.43. The van der Waals surface area contributed by atoms with E-state index in [0.29, 0.717) is 0 Å². The Bertz CT molecular complexity index is 304. The van der Waals surface area contributed by atoms with E-state index in [1.54, 1.807) is 20.8 Å². The molecule has 1 N–H and O–H groups in total. The molecule has 0 amide bonds. The monoisotopic (exact) mass is 263 g/mol. The molecule has 0 aromatic heterocycles. The summed E-state index contributed by atoms with van der Waals surface area (Å²) in [6, 6.07) is -0.590. The average Bonchev–Trinajstić information content (AvgIpc) is 2.37. The van der Waals surface area contributed by atoms with Crippen LogP contribution in [0.2, 0.25) is 0 Å². The maximum Gasteiger partial charge on any atom is 0.268 e. The number of phosphoric ester groups is 1. The van der Waals surface area contributed by atoms with Crippen molar-refractivity contribution in [2.24, 2.45) is 0 Å². The Morgan fingerprint density at radius 2 is 2.18 bits per heavy atom. The molecule has 0 aromatic carbocycles. The van der Waals surface area contributed by atoms with E-state index in [9.17, 15) is 14.6 Å². The highest BCUT2D eigenvalue weighted by atomic mass is 31.2. The minimum Gasteiger partial charge on any atom is -0.756 e. The number of hydrogen-bond donors (Lipinski definition) is 1. The van der Waals surface area contributed by atoms with E-state index in [0.717, 1.165) is 0 Å². The van der Waals surface area contributed by atoms with Crippen LogP contribution in [0.15, 0.2) is 0 Å². The van der Waals surface area contributed by atoms with Crippen molar-refractivity contribution in [3.05, 3.63) is 0 Å². The third-order valence-corrected chi connectivity index (χ3v) is 3.27. The van der Waals surface area contributed by atoms with Gasteiger partial charge in [-0.25, -0.2) is 0 Å². The van der Waals surface area contributed by atoms with Gasteiger partial charge in [-0.3, -0.25) is 4.57 Å². The third-order valence-electron chi connectivity index (χ3n) is 2.04. The molecule has 1 aliphatic rings. The van der Waals surface area contributed by atoms with Gasteiger partial charge in [-0.1, -0.05) is 0 Å². The quantitative estimate of drug-likeness (QED) is 0.564. The van der Waals surface area contributed by atoms with E-state index >= 15 is 0 Å². The van der Waals surface area contributed by atoms with Crippen LogP contribution in [-0.2, 0) is 18.3 Å². The summed E-state index contributed by atoms with van der Waals surface area (Å²) in [5.74, 6) is 0. The third kappa shape index (κ3) is 5.51. The number of ether oxygens (including phenoxy) is 1. The van der Waals surface area contributed by atoms with Crippen molar-refractivity contribution in [3.63, 3.8) is 0 Å². The number of rotatable bonds is 4. The van der Waals surface area contributed by atoms with Crippen LogP contribution < -0.4 is 4.89 Å². The van der Waals surface area contributed by atoms with Gasteiger partial charge in [-0.15, -0.1) is 0 Å². The number of aliphatic hydroxyl groups is 1. The second-order valence-corrected chi connectivity index (χ2v) is 6.30. The predicted molar refractivity (Wildman–Crippen MR) is 59.4 cm³/mol. The lowest BCUT2D eigenvalue weighted by Crippen LogP contribution is -2.29. The van der Waals surface area contributed by atoms with Crippen LogP contribution in [0.5, 0.6) is 0 Å². The fraction of sp³-hybridized carbons (Fsp3) is 1.00. The predicted octanol–water partition coefficient (Wildman–Crippen LogP) is -0.0691. The fourth-order valence-electron chi connectivity index (χ4n) is 1.44. The molecule has 1 saturated heterocycles. The molecule has 4 atom stereocenters. The van der Waals surface area contributed by atoms with Crippen molar-refractivity contribution < 1.29 is 28.3 Å². The molecule has 17 heavy (non-hydrogen) atoms. The lowest BCUT2D eigenvalue weighted by molar-refractivity contribution is -0.236. The van der Waals surface area contributed by atoms with Gasteiger partial charge in [0.2, 0.25) is 0 Å². The first-order valence-electron chi connectivity index (χ1n) is 5.34. The Balaban J connectivity index is 2.42. The maximum atomic E-state index is 11.4. The lowest BCUT2D eigenvalue weighted by atomic mass is 9.96. The Hall–Kier alpha value is 0.0949. The van der Waals surface area contributed by atoms with E-state index in [-0.39, 0.29) is 13.0 Å². The Labute approximate surface area is 102 Å². The standard InChI is InChI=1S/C9H18BO6P/c1-9(2,3)16-17(12,13)14-5-7-6(11)4-8(10)15-7/h6-8,11H,4-5H2,1-3H3,(H,12,13)/p-1/t6-,7+,8+/m0/s1. The summed E-state index contributed by atoms with van der Waals surface area (Å²) in [6.45, 7) is 4.49. The van der Waals surface area contributed by atoms with Gasteiger partial charge in [0, 0.05) is 6.00 Å². The molecule has 1 unspecified atom stereocenters. The van der Waals surface area contributed by atoms with Gasteiger partial charge < -0.3 is 23.8 Å². The molecule has 1 aliphatic heterocycles. The molecule has 1 rings (SSSR count). The summed E-state index contributed by atoms with van der Waals surface area (Å²) in [4.78, 5) is 11.4. The second kappa shape index (κ2) is 5.39. The molecule has 0 spiro atoms. The van der Waals surface area contributed by atoms with Gasteiger partial charge in [0.05, 0.1) is 18.3 Å². The van der Waals surface area contributed by atoms with Crippen LogP contribution in [0.25, 0.3) is 0 Å². The van der Waals surface area contributed by atoms with Gasteiger partial charge in [0.25, 0.3) is 7.82 Å². The Kier molecular flexibility index (Phi) is 4.80. The number of hydrogen-bond acceptors (Lipinski definition) is 6. The normalized spacial score (nSPS) is 33.6. The van der Waals surface area contributed by atoms with Crippen LogP contribution in [0, 0.1) is 0 Å². The molecule has 2 radical (unpaired) electrons. The smallest absolute Gasteiger partial charge is 0.268 e. The van der Waals surface area contributed by atoms with Crippen LogP contribution in [-0.4, -0.2) is 43.4 Å². The summed E-state index contributed by atoms with van der Waals surface area (Å²) < 4.78 is 25.9. The van der Waals surface area contributed by atoms with E-state index in [1.165, 1.54) is 0 Å². The van der Waals surface area contributed by atoms with Crippen LogP contribution in [0.1, 0.15) is 27.2 Å². The fourth-order valence-corrected chi connectivity index (χ4v) is 2.49. The zero-order chi connectivity index (χ0) is 13.3. The van der Waals surface area contributed by atoms with Crippen molar-refractivity contribution in [2.75, 3.05) is 6.61 Å². The van der Waals surface area contributed by atoms with Crippen molar-refractivity contribution in [2.45, 2.75) is 51.0 Å². The van der Waals surface area contributed by atoms with Gasteiger partial charge >= 0.3 is 0 Å². The van der Waals surface area contributed by atoms with E-state index in [1.807, 2.05) is 0 Å². The molecular weight excluding hydrogens is 246 g/mol. The molecule has 1 heterocycles. The summed E-state index contributed by atoms with van der Waals surface area (Å²) >= 11 is 0. The molecule has 0 aliphatic carbocycles. The molecule has 0 aromatic rings. The minimum absolute atomic E-state index is 0.261.